The molecule has 0 bridgehead atoms. The van der Waals surface area contributed by atoms with Gasteiger partial charge in [-0.15, -0.1) is 0 Å². The topological polar surface area (TPSA) is 69.2 Å². The van der Waals surface area contributed by atoms with Crippen molar-refractivity contribution in [3.05, 3.63) is 58.3 Å². The number of nitrogens with zero attached hydrogens (tertiary/aromatic N) is 1. The van der Waals surface area contributed by atoms with E-state index >= 15 is 0 Å². The third-order valence-electron chi connectivity index (χ3n) is 1.54. The summed E-state index contributed by atoms with van der Waals surface area (Å²) in [5, 5.41) is 9.92. The molecule has 0 aliphatic rings. The van der Waals surface area contributed by atoms with Gasteiger partial charge in [-0.25, -0.2) is 0 Å². The van der Waals surface area contributed by atoms with E-state index in [1.165, 1.54) is 6.08 Å². The number of hydrogen-bond donors (Lipinski definition) is 1. The lowest BCUT2D eigenvalue weighted by atomic mass is 10.2. The van der Waals surface area contributed by atoms with Crippen LogP contribution in [-0.2, 0) is 0 Å². The van der Waals surface area contributed by atoms with Gasteiger partial charge in [0.05, 0.1) is 4.92 Å². The van der Waals surface area contributed by atoms with E-state index in [1.807, 2.05) is 12.1 Å². The molecule has 1 rings (SSSR count). The van der Waals surface area contributed by atoms with Crippen molar-refractivity contribution >= 4 is 11.8 Å². The zero-order chi connectivity index (χ0) is 10.4. The molecule has 0 radical (unpaired) electrons. The smallest absolute Gasteiger partial charge is 0.234 e. The Morgan fingerprint density at radius 3 is 2.43 bits per heavy atom. The van der Waals surface area contributed by atoms with Gasteiger partial charge in [-0.1, -0.05) is 24.3 Å². The number of nitrogen functional groups attached to an aromatic ring is 1. The molecule has 1 aromatic rings. The van der Waals surface area contributed by atoms with Gasteiger partial charge in [-0.3, -0.25) is 10.1 Å². The number of anilines is 1. The van der Waals surface area contributed by atoms with Crippen LogP contribution < -0.4 is 5.73 Å². The minimum absolute atomic E-state index is 0.507. The predicted octanol–water partition coefficient (Wildman–Crippen LogP) is 2.07. The van der Waals surface area contributed by atoms with E-state index in [9.17, 15) is 10.1 Å². The van der Waals surface area contributed by atoms with Gasteiger partial charge in [0.2, 0.25) is 6.20 Å². The van der Waals surface area contributed by atoms with Crippen molar-refractivity contribution in [2.24, 2.45) is 0 Å². The number of benzene rings is 1. The molecule has 1 aromatic carbocycles. The molecule has 0 unspecified atom stereocenters. The lowest BCUT2D eigenvalue weighted by Crippen LogP contribution is -1.82. The Kier molecular flexibility index (Phi) is 3.43. The average Bonchev–Trinajstić information content (AvgIpc) is 2.15. The zero-order valence-electron chi connectivity index (χ0n) is 7.46. The second-order valence-corrected chi connectivity index (χ2v) is 2.65. The van der Waals surface area contributed by atoms with Crippen LogP contribution in [-0.4, -0.2) is 4.92 Å². The Morgan fingerprint density at radius 1 is 1.21 bits per heavy atom. The summed E-state index contributed by atoms with van der Waals surface area (Å²) >= 11 is 0. The molecule has 0 aliphatic heterocycles. The van der Waals surface area contributed by atoms with Gasteiger partial charge in [-0.05, 0) is 17.7 Å². The number of hydrogen-bond acceptors (Lipinski definition) is 3. The second kappa shape index (κ2) is 4.81. The summed E-state index contributed by atoms with van der Waals surface area (Å²) in [5.41, 5.74) is 7.14. The Balaban J connectivity index is 2.60. The van der Waals surface area contributed by atoms with Crippen LogP contribution in [0, 0.1) is 10.1 Å². The van der Waals surface area contributed by atoms with Crippen LogP contribution in [0.5, 0.6) is 0 Å². The Hall–Kier alpha value is -2.10. The highest BCUT2D eigenvalue weighted by Crippen LogP contribution is 2.06. The molecule has 0 aromatic heterocycles. The summed E-state index contributed by atoms with van der Waals surface area (Å²) in [6, 6.07) is 7.23. The third-order valence-corrected chi connectivity index (χ3v) is 1.54. The van der Waals surface area contributed by atoms with Gasteiger partial charge in [-0.2, -0.15) is 0 Å². The van der Waals surface area contributed by atoms with Crippen molar-refractivity contribution < 1.29 is 4.92 Å². The minimum atomic E-state index is -0.507. The number of allylic oxidation sites excluding steroid dienone is 2. The van der Waals surface area contributed by atoms with E-state index in [0.29, 0.717) is 5.69 Å². The van der Waals surface area contributed by atoms with Crippen molar-refractivity contribution in [3.63, 3.8) is 0 Å². The maximum atomic E-state index is 9.92. The van der Waals surface area contributed by atoms with Gasteiger partial charge in [0.15, 0.2) is 0 Å². The number of nitrogens with two attached hydrogens (primary N) is 1. The summed E-state index contributed by atoms with van der Waals surface area (Å²) in [6.45, 7) is 0. The van der Waals surface area contributed by atoms with Crippen LogP contribution in [0.2, 0.25) is 0 Å². The minimum Gasteiger partial charge on any atom is -0.399 e. The highest BCUT2D eigenvalue weighted by atomic mass is 16.6. The predicted molar refractivity (Wildman–Crippen MR) is 56.0 cm³/mol. The van der Waals surface area contributed by atoms with E-state index in [1.54, 1.807) is 24.3 Å². The SMILES string of the molecule is Nc1ccc(/C=C/C=C/[N+](=O)[O-])cc1. The Bertz CT molecular complexity index is 366. The molecule has 4 nitrogen and oxygen atoms in total. The van der Waals surface area contributed by atoms with Crippen LogP contribution in [0.15, 0.2) is 42.6 Å². The van der Waals surface area contributed by atoms with Crippen LogP contribution >= 0.6 is 0 Å². The molecule has 0 amide bonds. The van der Waals surface area contributed by atoms with E-state index in [-0.39, 0.29) is 0 Å². The first-order chi connectivity index (χ1) is 6.68. The molecule has 0 heterocycles. The highest BCUT2D eigenvalue weighted by Gasteiger charge is 1.85. The molecular formula is C10H10N2O2. The van der Waals surface area contributed by atoms with E-state index in [4.69, 9.17) is 5.73 Å². The summed E-state index contributed by atoms with van der Waals surface area (Å²) in [5.74, 6) is 0. The van der Waals surface area contributed by atoms with E-state index in [0.717, 1.165) is 11.8 Å². The van der Waals surface area contributed by atoms with Crippen molar-refractivity contribution in [1.82, 2.24) is 0 Å². The average molecular weight is 190 g/mol. The van der Waals surface area contributed by atoms with Crippen molar-refractivity contribution in [2.75, 3.05) is 5.73 Å². The molecule has 0 aliphatic carbocycles. The van der Waals surface area contributed by atoms with Gasteiger partial charge < -0.3 is 5.73 Å². The van der Waals surface area contributed by atoms with Gasteiger partial charge in [0.25, 0.3) is 0 Å². The molecule has 0 spiro atoms. The fourth-order valence-electron chi connectivity index (χ4n) is 0.894. The fourth-order valence-corrected chi connectivity index (χ4v) is 0.894. The maximum absolute atomic E-state index is 9.92. The van der Waals surface area contributed by atoms with Crippen LogP contribution in [0.25, 0.3) is 6.08 Å². The van der Waals surface area contributed by atoms with E-state index in [2.05, 4.69) is 0 Å². The van der Waals surface area contributed by atoms with Crippen molar-refractivity contribution in [2.45, 2.75) is 0 Å². The third kappa shape index (κ3) is 3.53. The number of nitro groups is 1. The first-order valence-corrected chi connectivity index (χ1v) is 4.02. The zero-order valence-corrected chi connectivity index (χ0v) is 7.46. The molecule has 4 heteroatoms. The first-order valence-electron chi connectivity index (χ1n) is 4.02. The summed E-state index contributed by atoms with van der Waals surface area (Å²) in [7, 11) is 0. The molecule has 14 heavy (non-hydrogen) atoms. The largest absolute Gasteiger partial charge is 0.399 e. The number of rotatable bonds is 3. The first kappa shape index (κ1) is 9.98. The van der Waals surface area contributed by atoms with Crippen LogP contribution in [0.3, 0.4) is 0 Å². The van der Waals surface area contributed by atoms with E-state index < -0.39 is 4.92 Å². The monoisotopic (exact) mass is 190 g/mol. The maximum Gasteiger partial charge on any atom is 0.234 e. The normalized spacial score (nSPS) is 11.1. The van der Waals surface area contributed by atoms with Crippen LogP contribution in [0.4, 0.5) is 5.69 Å². The Morgan fingerprint density at radius 2 is 1.86 bits per heavy atom. The quantitative estimate of drug-likeness (QED) is 0.343. The molecule has 0 saturated heterocycles. The fraction of sp³-hybridized carbons (Fsp3) is 0. The standard InChI is InChI=1S/C10H10N2O2/c11-10-6-4-9(5-7-10)3-1-2-8-12(13)14/h1-8H,11H2/b3-1+,8-2+. The van der Waals surface area contributed by atoms with Crippen molar-refractivity contribution in [1.29, 1.82) is 0 Å². The van der Waals surface area contributed by atoms with Gasteiger partial charge in [0.1, 0.15) is 0 Å². The second-order valence-electron chi connectivity index (χ2n) is 2.65. The summed E-state index contributed by atoms with van der Waals surface area (Å²) in [4.78, 5) is 9.42. The lowest BCUT2D eigenvalue weighted by molar-refractivity contribution is -0.402. The molecular weight excluding hydrogens is 180 g/mol. The molecule has 2 N–H and O–H groups in total. The Labute approximate surface area is 81.5 Å². The van der Waals surface area contributed by atoms with Crippen LogP contribution in [0.1, 0.15) is 5.56 Å². The van der Waals surface area contributed by atoms with Gasteiger partial charge >= 0.3 is 0 Å². The molecule has 0 atom stereocenters. The highest BCUT2D eigenvalue weighted by molar-refractivity contribution is 5.54. The van der Waals surface area contributed by atoms with Gasteiger partial charge in [0, 0.05) is 11.8 Å². The van der Waals surface area contributed by atoms with Crippen molar-refractivity contribution in [3.8, 4) is 0 Å². The summed E-state index contributed by atoms with van der Waals surface area (Å²) < 4.78 is 0. The summed E-state index contributed by atoms with van der Waals surface area (Å²) in [6.07, 6.45) is 5.62. The molecule has 0 saturated carbocycles. The lowest BCUT2D eigenvalue weighted by Gasteiger charge is -1.92. The molecule has 0 fully saturated rings. The molecule has 72 valence electrons.